The SMILES string of the molecule is Cc1cc(C(=O)NC(C)C(=O)O)c(C)n1-c1ccc(Br)cc1. The molecule has 0 aliphatic rings. The van der Waals surface area contributed by atoms with Gasteiger partial charge < -0.3 is 15.0 Å². The Morgan fingerprint density at radius 1 is 1.23 bits per heavy atom. The monoisotopic (exact) mass is 364 g/mol. The van der Waals surface area contributed by atoms with E-state index in [0.29, 0.717) is 5.56 Å². The zero-order chi connectivity index (χ0) is 16.4. The summed E-state index contributed by atoms with van der Waals surface area (Å²) in [7, 11) is 0. The molecule has 5 nitrogen and oxygen atoms in total. The smallest absolute Gasteiger partial charge is 0.325 e. The highest BCUT2D eigenvalue weighted by Crippen LogP contribution is 2.22. The van der Waals surface area contributed by atoms with Crippen LogP contribution in [0.1, 0.15) is 28.7 Å². The van der Waals surface area contributed by atoms with E-state index in [1.165, 1.54) is 6.92 Å². The highest BCUT2D eigenvalue weighted by Gasteiger charge is 2.20. The number of carboxylic acids is 1. The number of carbonyl (C=O) groups excluding carboxylic acids is 1. The largest absolute Gasteiger partial charge is 0.480 e. The number of nitrogens with zero attached hydrogens (tertiary/aromatic N) is 1. The van der Waals surface area contributed by atoms with E-state index < -0.39 is 12.0 Å². The maximum atomic E-state index is 12.2. The van der Waals surface area contributed by atoms with Gasteiger partial charge in [-0.2, -0.15) is 0 Å². The Bertz CT molecular complexity index is 720. The van der Waals surface area contributed by atoms with E-state index in [1.54, 1.807) is 6.07 Å². The molecular formula is C16H17BrN2O3. The average molecular weight is 365 g/mol. The van der Waals surface area contributed by atoms with Gasteiger partial charge in [0.25, 0.3) is 5.91 Å². The molecule has 0 aliphatic heterocycles. The number of benzene rings is 1. The van der Waals surface area contributed by atoms with Crippen LogP contribution in [0.3, 0.4) is 0 Å². The van der Waals surface area contributed by atoms with E-state index >= 15 is 0 Å². The molecule has 1 aromatic heterocycles. The molecule has 0 aliphatic carbocycles. The first-order valence-electron chi connectivity index (χ1n) is 6.80. The van der Waals surface area contributed by atoms with Gasteiger partial charge in [0.1, 0.15) is 6.04 Å². The molecular weight excluding hydrogens is 348 g/mol. The summed E-state index contributed by atoms with van der Waals surface area (Å²) in [6.07, 6.45) is 0. The number of rotatable bonds is 4. The van der Waals surface area contributed by atoms with Gasteiger partial charge in [-0.25, -0.2) is 0 Å². The molecule has 1 heterocycles. The van der Waals surface area contributed by atoms with Gasteiger partial charge in [-0.15, -0.1) is 0 Å². The fourth-order valence-electron chi connectivity index (χ4n) is 2.32. The lowest BCUT2D eigenvalue weighted by atomic mass is 10.2. The van der Waals surface area contributed by atoms with Gasteiger partial charge in [0.15, 0.2) is 0 Å². The van der Waals surface area contributed by atoms with Gasteiger partial charge in [0, 0.05) is 21.5 Å². The number of nitrogens with one attached hydrogen (secondary N) is 1. The minimum absolute atomic E-state index is 0.383. The third-order valence-corrected chi connectivity index (χ3v) is 4.01. The average Bonchev–Trinajstić information content (AvgIpc) is 2.75. The normalized spacial score (nSPS) is 12.0. The van der Waals surface area contributed by atoms with Crippen molar-refractivity contribution >= 4 is 27.8 Å². The van der Waals surface area contributed by atoms with Crippen LogP contribution in [0, 0.1) is 13.8 Å². The van der Waals surface area contributed by atoms with Crippen molar-refractivity contribution in [3.63, 3.8) is 0 Å². The Balaban J connectivity index is 2.37. The van der Waals surface area contributed by atoms with Gasteiger partial charge in [-0.1, -0.05) is 15.9 Å². The molecule has 1 amide bonds. The van der Waals surface area contributed by atoms with Crippen molar-refractivity contribution < 1.29 is 14.7 Å². The second-order valence-electron chi connectivity index (χ2n) is 5.13. The standard InChI is InChI=1S/C16H17BrN2O3/c1-9-8-14(15(20)18-10(2)16(21)22)11(3)19(9)13-6-4-12(17)5-7-13/h4-8,10H,1-3H3,(H,18,20)(H,21,22). The molecule has 1 aromatic carbocycles. The topological polar surface area (TPSA) is 71.3 Å². The van der Waals surface area contributed by atoms with Crippen LogP contribution in [0.2, 0.25) is 0 Å². The number of aromatic nitrogens is 1. The second kappa shape index (κ2) is 6.36. The van der Waals surface area contributed by atoms with E-state index in [1.807, 2.05) is 42.7 Å². The number of amides is 1. The lowest BCUT2D eigenvalue weighted by molar-refractivity contribution is -0.138. The van der Waals surface area contributed by atoms with Gasteiger partial charge in [-0.3, -0.25) is 9.59 Å². The summed E-state index contributed by atoms with van der Waals surface area (Å²) < 4.78 is 2.94. The van der Waals surface area contributed by atoms with Crippen LogP contribution < -0.4 is 5.32 Å². The van der Waals surface area contributed by atoms with Crippen molar-refractivity contribution in [1.82, 2.24) is 9.88 Å². The first kappa shape index (κ1) is 16.3. The molecule has 0 bridgehead atoms. The maximum Gasteiger partial charge on any atom is 0.325 e. The van der Waals surface area contributed by atoms with Crippen LogP contribution in [0.5, 0.6) is 0 Å². The molecule has 0 spiro atoms. The molecule has 2 aromatic rings. The van der Waals surface area contributed by atoms with Crippen LogP contribution in [0.15, 0.2) is 34.8 Å². The molecule has 6 heteroatoms. The van der Waals surface area contributed by atoms with Crippen molar-refractivity contribution in [3.8, 4) is 5.69 Å². The Hall–Kier alpha value is -2.08. The predicted molar refractivity (Wildman–Crippen MR) is 87.5 cm³/mol. The summed E-state index contributed by atoms with van der Waals surface area (Å²) in [5, 5.41) is 11.4. The van der Waals surface area contributed by atoms with Crippen LogP contribution in [-0.2, 0) is 4.79 Å². The van der Waals surface area contributed by atoms with E-state index in [4.69, 9.17) is 5.11 Å². The van der Waals surface area contributed by atoms with Crippen molar-refractivity contribution in [2.45, 2.75) is 26.8 Å². The number of aryl methyl sites for hydroxylation is 1. The van der Waals surface area contributed by atoms with Gasteiger partial charge >= 0.3 is 5.97 Å². The predicted octanol–water partition coefficient (Wildman–Crippen LogP) is 3.06. The molecule has 0 radical (unpaired) electrons. The molecule has 1 unspecified atom stereocenters. The molecule has 22 heavy (non-hydrogen) atoms. The molecule has 2 rings (SSSR count). The highest BCUT2D eigenvalue weighted by molar-refractivity contribution is 9.10. The first-order chi connectivity index (χ1) is 10.3. The van der Waals surface area contributed by atoms with Crippen molar-refractivity contribution in [2.75, 3.05) is 0 Å². The molecule has 0 saturated heterocycles. The minimum atomic E-state index is -1.06. The Labute approximate surface area is 137 Å². The number of halogens is 1. The summed E-state index contributed by atoms with van der Waals surface area (Å²) in [5.41, 5.74) is 3.11. The van der Waals surface area contributed by atoms with E-state index in [9.17, 15) is 9.59 Å². The summed E-state index contributed by atoms with van der Waals surface area (Å²) in [6, 6.07) is 8.60. The maximum absolute atomic E-state index is 12.2. The van der Waals surface area contributed by atoms with Crippen molar-refractivity contribution in [3.05, 3.63) is 51.8 Å². The van der Waals surface area contributed by atoms with E-state index in [2.05, 4.69) is 21.2 Å². The number of aliphatic carboxylic acids is 1. The van der Waals surface area contributed by atoms with Gasteiger partial charge in [0.2, 0.25) is 0 Å². The quantitative estimate of drug-likeness (QED) is 0.875. The van der Waals surface area contributed by atoms with Crippen LogP contribution in [0.4, 0.5) is 0 Å². The van der Waals surface area contributed by atoms with E-state index in [0.717, 1.165) is 21.5 Å². The van der Waals surface area contributed by atoms with Crippen LogP contribution in [0.25, 0.3) is 5.69 Å². The Morgan fingerprint density at radius 3 is 2.36 bits per heavy atom. The Morgan fingerprint density at radius 2 is 1.82 bits per heavy atom. The number of hydrogen-bond donors (Lipinski definition) is 2. The fourth-order valence-corrected chi connectivity index (χ4v) is 2.58. The lowest BCUT2D eigenvalue weighted by Crippen LogP contribution is -2.38. The van der Waals surface area contributed by atoms with Crippen molar-refractivity contribution in [2.24, 2.45) is 0 Å². The number of hydrogen-bond acceptors (Lipinski definition) is 2. The molecule has 0 saturated carbocycles. The molecule has 2 N–H and O–H groups in total. The molecule has 0 fully saturated rings. The van der Waals surface area contributed by atoms with Crippen LogP contribution in [-0.4, -0.2) is 27.6 Å². The summed E-state index contributed by atoms with van der Waals surface area (Å²) in [6.45, 7) is 5.19. The van der Waals surface area contributed by atoms with E-state index in [-0.39, 0.29) is 5.91 Å². The number of carbonyl (C=O) groups is 2. The zero-order valence-electron chi connectivity index (χ0n) is 12.6. The highest BCUT2D eigenvalue weighted by atomic mass is 79.9. The van der Waals surface area contributed by atoms with Crippen molar-refractivity contribution in [1.29, 1.82) is 0 Å². The summed E-state index contributed by atoms with van der Waals surface area (Å²) >= 11 is 3.40. The minimum Gasteiger partial charge on any atom is -0.480 e. The first-order valence-corrected chi connectivity index (χ1v) is 7.59. The summed E-state index contributed by atoms with van der Waals surface area (Å²) in [5.74, 6) is -1.44. The van der Waals surface area contributed by atoms with Gasteiger partial charge in [0.05, 0.1) is 5.56 Å². The number of carboxylic acid groups (broad SMARTS) is 1. The molecule has 1 atom stereocenters. The fraction of sp³-hybridized carbons (Fsp3) is 0.250. The summed E-state index contributed by atoms with van der Waals surface area (Å²) in [4.78, 5) is 23.1. The van der Waals surface area contributed by atoms with Crippen LogP contribution >= 0.6 is 15.9 Å². The third-order valence-electron chi connectivity index (χ3n) is 3.48. The zero-order valence-corrected chi connectivity index (χ0v) is 14.1. The molecule has 116 valence electrons. The lowest BCUT2D eigenvalue weighted by Gasteiger charge is -2.11. The second-order valence-corrected chi connectivity index (χ2v) is 6.05. The third kappa shape index (κ3) is 3.22. The van der Waals surface area contributed by atoms with Gasteiger partial charge in [-0.05, 0) is 51.1 Å². The Kier molecular flexibility index (Phi) is 4.71.